The predicted molar refractivity (Wildman–Crippen MR) is 85.6 cm³/mol. The number of thioether (sulfide) groups is 1. The average molecular weight is 312 g/mol. The van der Waals surface area contributed by atoms with Crippen molar-refractivity contribution in [3.8, 4) is 0 Å². The largest absolute Gasteiger partial charge is 0.293 e. The van der Waals surface area contributed by atoms with E-state index >= 15 is 0 Å². The Balaban J connectivity index is 1.85. The van der Waals surface area contributed by atoms with Crippen LogP contribution in [0.3, 0.4) is 0 Å². The Morgan fingerprint density at radius 3 is 2.59 bits per heavy atom. The minimum Gasteiger partial charge on any atom is -0.293 e. The van der Waals surface area contributed by atoms with Gasteiger partial charge in [0.1, 0.15) is 17.2 Å². The topological polar surface area (TPSA) is 42.9 Å². The van der Waals surface area contributed by atoms with Gasteiger partial charge in [0.2, 0.25) is 0 Å². The summed E-state index contributed by atoms with van der Waals surface area (Å²) in [7, 11) is 0. The first-order valence-electron chi connectivity index (χ1n) is 6.81. The molecular formula is C17H13FN2OS. The molecule has 22 heavy (non-hydrogen) atoms. The highest BCUT2D eigenvalue weighted by Crippen LogP contribution is 2.29. The highest BCUT2D eigenvalue weighted by atomic mass is 32.2. The number of Topliss-reactive ketones (excluding diaryl/α,β-unsaturated/α-hetero) is 1. The van der Waals surface area contributed by atoms with E-state index in [2.05, 4.69) is 9.97 Å². The highest BCUT2D eigenvalue weighted by Gasteiger charge is 2.18. The molecule has 3 rings (SSSR count). The summed E-state index contributed by atoms with van der Waals surface area (Å²) in [6.07, 6.45) is 1.50. The number of nitrogens with zero attached hydrogens (tertiary/aromatic N) is 2. The van der Waals surface area contributed by atoms with Crippen LogP contribution in [0.4, 0.5) is 4.39 Å². The monoisotopic (exact) mass is 312 g/mol. The van der Waals surface area contributed by atoms with Gasteiger partial charge in [-0.25, -0.2) is 14.4 Å². The van der Waals surface area contributed by atoms with Gasteiger partial charge in [-0.15, -0.1) is 0 Å². The van der Waals surface area contributed by atoms with E-state index in [1.807, 2.05) is 31.2 Å². The van der Waals surface area contributed by atoms with E-state index in [9.17, 15) is 9.18 Å². The molecule has 1 unspecified atom stereocenters. The van der Waals surface area contributed by atoms with Gasteiger partial charge in [-0.05, 0) is 37.3 Å². The second-order valence-corrected chi connectivity index (χ2v) is 6.16. The number of para-hydroxylation sites is 1. The molecule has 0 N–H and O–H groups in total. The molecule has 0 aliphatic carbocycles. The van der Waals surface area contributed by atoms with E-state index in [0.29, 0.717) is 5.56 Å². The van der Waals surface area contributed by atoms with E-state index in [-0.39, 0.29) is 16.9 Å². The van der Waals surface area contributed by atoms with Gasteiger partial charge in [-0.2, -0.15) is 0 Å². The maximum absolute atomic E-state index is 12.9. The summed E-state index contributed by atoms with van der Waals surface area (Å²) < 4.78 is 12.9. The summed E-state index contributed by atoms with van der Waals surface area (Å²) in [5.74, 6) is -0.397. The molecule has 0 saturated heterocycles. The lowest BCUT2D eigenvalue weighted by molar-refractivity contribution is 0.0994. The van der Waals surface area contributed by atoms with Crippen LogP contribution in [0.2, 0.25) is 0 Å². The van der Waals surface area contributed by atoms with Crippen molar-refractivity contribution in [3.05, 3.63) is 66.2 Å². The Morgan fingerprint density at radius 2 is 1.82 bits per heavy atom. The maximum atomic E-state index is 12.9. The molecular weight excluding hydrogens is 299 g/mol. The van der Waals surface area contributed by atoms with Crippen LogP contribution in [0.25, 0.3) is 10.9 Å². The molecule has 3 nitrogen and oxygen atoms in total. The van der Waals surface area contributed by atoms with Gasteiger partial charge in [0.25, 0.3) is 0 Å². The van der Waals surface area contributed by atoms with E-state index in [4.69, 9.17) is 0 Å². The second kappa shape index (κ2) is 6.23. The van der Waals surface area contributed by atoms with Crippen LogP contribution in [0.5, 0.6) is 0 Å². The molecule has 0 aliphatic heterocycles. The molecule has 0 radical (unpaired) electrons. The lowest BCUT2D eigenvalue weighted by Gasteiger charge is -2.11. The first kappa shape index (κ1) is 14.7. The number of benzene rings is 2. The number of fused-ring (bicyclic) bond motifs is 1. The number of halogens is 1. The Morgan fingerprint density at radius 1 is 1.09 bits per heavy atom. The highest BCUT2D eigenvalue weighted by molar-refractivity contribution is 8.00. The van der Waals surface area contributed by atoms with Crippen molar-refractivity contribution >= 4 is 28.4 Å². The molecule has 3 aromatic rings. The molecule has 5 heteroatoms. The van der Waals surface area contributed by atoms with Gasteiger partial charge in [-0.3, -0.25) is 4.79 Å². The smallest absolute Gasteiger partial charge is 0.175 e. The zero-order chi connectivity index (χ0) is 15.5. The molecule has 1 atom stereocenters. The van der Waals surface area contributed by atoms with Gasteiger partial charge in [0.05, 0.1) is 10.8 Å². The Hall–Kier alpha value is -2.27. The molecule has 0 aliphatic rings. The lowest BCUT2D eigenvalue weighted by atomic mass is 10.1. The molecule has 0 bridgehead atoms. The molecule has 0 fully saturated rings. The Bertz CT molecular complexity index is 815. The fourth-order valence-electron chi connectivity index (χ4n) is 2.14. The third-order valence-electron chi connectivity index (χ3n) is 3.29. The van der Waals surface area contributed by atoms with Crippen molar-refractivity contribution in [2.24, 2.45) is 0 Å². The van der Waals surface area contributed by atoms with Crippen molar-refractivity contribution < 1.29 is 9.18 Å². The van der Waals surface area contributed by atoms with Crippen LogP contribution in [0, 0.1) is 5.82 Å². The Kier molecular flexibility index (Phi) is 4.15. The van der Waals surface area contributed by atoms with Gasteiger partial charge < -0.3 is 0 Å². The fraction of sp³-hybridized carbons (Fsp3) is 0.118. The zero-order valence-electron chi connectivity index (χ0n) is 11.9. The molecule has 2 aromatic carbocycles. The average Bonchev–Trinajstić information content (AvgIpc) is 2.55. The number of carbonyl (C=O) groups excluding carboxylic acids is 1. The van der Waals surface area contributed by atoms with Crippen LogP contribution >= 0.6 is 11.8 Å². The van der Waals surface area contributed by atoms with E-state index < -0.39 is 0 Å². The molecule has 0 spiro atoms. The summed E-state index contributed by atoms with van der Waals surface area (Å²) in [5.41, 5.74) is 1.35. The SMILES string of the molecule is CC(Sc1ncnc2ccccc12)C(=O)c1ccc(F)cc1. The van der Waals surface area contributed by atoms with Crippen LogP contribution in [-0.2, 0) is 0 Å². The number of hydrogen-bond donors (Lipinski definition) is 0. The van der Waals surface area contributed by atoms with Crippen LogP contribution < -0.4 is 0 Å². The number of carbonyl (C=O) groups is 1. The van der Waals surface area contributed by atoms with Gasteiger partial charge in [0.15, 0.2) is 5.78 Å². The van der Waals surface area contributed by atoms with Crippen molar-refractivity contribution in [3.63, 3.8) is 0 Å². The van der Waals surface area contributed by atoms with Crippen LogP contribution in [0.1, 0.15) is 17.3 Å². The van der Waals surface area contributed by atoms with Crippen molar-refractivity contribution in [1.29, 1.82) is 0 Å². The molecule has 110 valence electrons. The fourth-order valence-corrected chi connectivity index (χ4v) is 3.13. The number of ketones is 1. The van der Waals surface area contributed by atoms with Gasteiger partial charge in [-0.1, -0.05) is 30.0 Å². The summed E-state index contributed by atoms with van der Waals surface area (Å²) in [6, 6.07) is 13.3. The van der Waals surface area contributed by atoms with E-state index in [1.54, 1.807) is 0 Å². The summed E-state index contributed by atoms with van der Waals surface area (Å²) in [5, 5.41) is 1.38. The van der Waals surface area contributed by atoms with Crippen LogP contribution in [0.15, 0.2) is 59.9 Å². The second-order valence-electron chi connectivity index (χ2n) is 4.83. The minimum absolute atomic E-state index is 0.0484. The van der Waals surface area contributed by atoms with E-state index in [1.165, 1.54) is 42.4 Å². The first-order valence-corrected chi connectivity index (χ1v) is 7.69. The Labute approximate surface area is 131 Å². The first-order chi connectivity index (χ1) is 10.6. The number of hydrogen-bond acceptors (Lipinski definition) is 4. The van der Waals surface area contributed by atoms with Gasteiger partial charge >= 0.3 is 0 Å². The maximum Gasteiger partial charge on any atom is 0.175 e. The normalized spacial score (nSPS) is 12.3. The van der Waals surface area contributed by atoms with Crippen molar-refractivity contribution in [2.75, 3.05) is 0 Å². The number of rotatable bonds is 4. The van der Waals surface area contributed by atoms with Crippen molar-refractivity contribution in [1.82, 2.24) is 9.97 Å². The van der Waals surface area contributed by atoms with Gasteiger partial charge in [0, 0.05) is 10.9 Å². The van der Waals surface area contributed by atoms with Crippen LogP contribution in [-0.4, -0.2) is 21.0 Å². The molecule has 1 aromatic heterocycles. The lowest BCUT2D eigenvalue weighted by Crippen LogP contribution is -2.13. The number of aromatic nitrogens is 2. The summed E-state index contributed by atoms with van der Waals surface area (Å²) in [4.78, 5) is 20.9. The quantitative estimate of drug-likeness (QED) is 0.413. The molecule has 0 amide bonds. The van der Waals surface area contributed by atoms with Crippen molar-refractivity contribution in [2.45, 2.75) is 17.2 Å². The third-order valence-corrected chi connectivity index (χ3v) is 4.41. The summed E-state index contributed by atoms with van der Waals surface area (Å²) in [6.45, 7) is 1.83. The standard InChI is InChI=1S/C17H13FN2OS/c1-11(16(21)12-6-8-13(18)9-7-12)22-17-14-4-2-3-5-15(14)19-10-20-17/h2-11H,1H3. The molecule has 0 saturated carbocycles. The van der Waals surface area contributed by atoms with E-state index in [0.717, 1.165) is 15.9 Å². The zero-order valence-corrected chi connectivity index (χ0v) is 12.7. The minimum atomic E-state index is -0.348. The third kappa shape index (κ3) is 2.99. The summed E-state index contributed by atoms with van der Waals surface area (Å²) >= 11 is 1.39. The molecule has 1 heterocycles. The predicted octanol–water partition coefficient (Wildman–Crippen LogP) is 4.13.